The lowest BCUT2D eigenvalue weighted by molar-refractivity contribution is 0.940. The minimum absolute atomic E-state index is 0.914. The first-order chi connectivity index (χ1) is 3.93. The molecule has 0 bridgehead atoms. The van der Waals surface area contributed by atoms with E-state index in [0.29, 0.717) is 0 Å². The molecule has 0 spiro atoms. The summed E-state index contributed by atoms with van der Waals surface area (Å²) in [5, 5.41) is 2.22. The second-order valence-electron chi connectivity index (χ2n) is 1.79. The zero-order valence-electron chi connectivity index (χ0n) is 4.67. The second kappa shape index (κ2) is 3.96. The van der Waals surface area contributed by atoms with E-state index >= 15 is 0 Å². The molecule has 1 saturated heterocycles. The van der Waals surface area contributed by atoms with E-state index in [1.165, 1.54) is 17.3 Å². The summed E-state index contributed by atoms with van der Waals surface area (Å²) in [7, 11) is 0. The van der Waals surface area contributed by atoms with Crippen molar-refractivity contribution < 1.29 is 0 Å². The van der Waals surface area contributed by atoms with Crippen LogP contribution >= 0.6 is 36.2 Å². The molecular formula is C5H10S3. The van der Waals surface area contributed by atoms with Gasteiger partial charge in [-0.25, -0.2) is 0 Å². The molecule has 1 unspecified atom stereocenters. The van der Waals surface area contributed by atoms with Gasteiger partial charge in [-0.3, -0.25) is 0 Å². The van der Waals surface area contributed by atoms with E-state index in [9.17, 15) is 0 Å². The average Bonchev–Trinajstić information content (AvgIpc) is 2.19. The van der Waals surface area contributed by atoms with Crippen molar-refractivity contribution in [2.45, 2.75) is 11.7 Å². The fraction of sp³-hybridized carbons (Fsp3) is 1.00. The summed E-state index contributed by atoms with van der Waals surface area (Å²) in [4.78, 5) is 0. The molecule has 1 heterocycles. The van der Waals surface area contributed by atoms with Crippen LogP contribution in [0.1, 0.15) is 6.42 Å². The second-order valence-corrected chi connectivity index (χ2v) is 4.92. The summed E-state index contributed by atoms with van der Waals surface area (Å²) in [5.74, 6) is 2.41. The monoisotopic (exact) mass is 166 g/mol. The molecule has 0 aromatic carbocycles. The lowest BCUT2D eigenvalue weighted by atomic mass is 10.4. The van der Waals surface area contributed by atoms with Gasteiger partial charge < -0.3 is 0 Å². The van der Waals surface area contributed by atoms with Gasteiger partial charge in [0, 0.05) is 16.1 Å². The van der Waals surface area contributed by atoms with E-state index in [2.05, 4.69) is 36.2 Å². The summed E-state index contributed by atoms with van der Waals surface area (Å²) >= 11 is 8.31. The standard InChI is InChI=1S/C5H10S3/c6-2-1-5-3-7-4-8-5/h5-6H,1-4H2. The molecule has 0 saturated carbocycles. The largest absolute Gasteiger partial charge is 0.179 e. The molecular weight excluding hydrogens is 156 g/mol. The molecule has 1 rings (SSSR count). The first-order valence-electron chi connectivity index (χ1n) is 2.73. The lowest BCUT2D eigenvalue weighted by Crippen LogP contribution is -2.00. The topological polar surface area (TPSA) is 0 Å². The molecule has 1 fully saturated rings. The van der Waals surface area contributed by atoms with Crippen molar-refractivity contribution >= 4 is 36.2 Å². The summed E-state index contributed by atoms with van der Waals surface area (Å²) in [6.45, 7) is 0. The van der Waals surface area contributed by atoms with E-state index in [4.69, 9.17) is 0 Å². The molecule has 0 radical (unpaired) electrons. The van der Waals surface area contributed by atoms with Gasteiger partial charge in [0.15, 0.2) is 0 Å². The van der Waals surface area contributed by atoms with E-state index in [1.54, 1.807) is 0 Å². The van der Waals surface area contributed by atoms with Gasteiger partial charge in [0.05, 0.1) is 0 Å². The molecule has 1 aliphatic heterocycles. The summed E-state index contributed by atoms with van der Waals surface area (Å²) < 4.78 is 0. The molecule has 1 atom stereocenters. The normalized spacial score (nSPS) is 28.9. The van der Waals surface area contributed by atoms with Crippen molar-refractivity contribution in [3.8, 4) is 0 Å². The van der Waals surface area contributed by atoms with Crippen LogP contribution in [0.25, 0.3) is 0 Å². The maximum absolute atomic E-state index is 4.17. The van der Waals surface area contributed by atoms with Crippen LogP contribution in [0.3, 0.4) is 0 Å². The van der Waals surface area contributed by atoms with Gasteiger partial charge in [0.2, 0.25) is 0 Å². The zero-order chi connectivity index (χ0) is 5.82. The van der Waals surface area contributed by atoms with Gasteiger partial charge in [-0.1, -0.05) is 0 Å². The average molecular weight is 166 g/mol. The van der Waals surface area contributed by atoms with Crippen molar-refractivity contribution in [1.29, 1.82) is 0 Å². The van der Waals surface area contributed by atoms with Crippen molar-refractivity contribution in [2.75, 3.05) is 16.6 Å². The Morgan fingerprint density at radius 3 is 3.00 bits per heavy atom. The van der Waals surface area contributed by atoms with E-state index in [-0.39, 0.29) is 0 Å². The molecule has 3 heteroatoms. The van der Waals surface area contributed by atoms with Crippen molar-refractivity contribution in [2.24, 2.45) is 0 Å². The van der Waals surface area contributed by atoms with Crippen LogP contribution in [0.4, 0.5) is 0 Å². The van der Waals surface area contributed by atoms with E-state index in [1.807, 2.05) is 0 Å². The maximum Gasteiger partial charge on any atom is 0.0395 e. The quantitative estimate of drug-likeness (QED) is 0.624. The molecule has 0 aromatic heterocycles. The molecule has 48 valence electrons. The maximum atomic E-state index is 4.17. The Labute approximate surface area is 64.6 Å². The van der Waals surface area contributed by atoms with Gasteiger partial charge >= 0.3 is 0 Å². The van der Waals surface area contributed by atoms with Crippen LogP contribution in [0.15, 0.2) is 0 Å². The molecule has 0 N–H and O–H groups in total. The highest BCUT2D eigenvalue weighted by molar-refractivity contribution is 8.19. The van der Waals surface area contributed by atoms with E-state index < -0.39 is 0 Å². The highest BCUT2D eigenvalue weighted by atomic mass is 32.2. The van der Waals surface area contributed by atoms with Crippen LogP contribution in [0.5, 0.6) is 0 Å². The predicted molar refractivity (Wildman–Crippen MR) is 47.2 cm³/mol. The minimum Gasteiger partial charge on any atom is -0.179 e. The summed E-state index contributed by atoms with van der Waals surface area (Å²) in [5.41, 5.74) is 0. The van der Waals surface area contributed by atoms with Crippen molar-refractivity contribution in [3.63, 3.8) is 0 Å². The van der Waals surface area contributed by atoms with Gasteiger partial charge in [-0.15, -0.1) is 23.5 Å². The highest BCUT2D eigenvalue weighted by Gasteiger charge is 2.13. The van der Waals surface area contributed by atoms with Crippen LogP contribution in [-0.4, -0.2) is 21.8 Å². The highest BCUT2D eigenvalue weighted by Crippen LogP contribution is 2.31. The third kappa shape index (κ3) is 2.11. The van der Waals surface area contributed by atoms with E-state index in [0.717, 1.165) is 11.0 Å². The number of hydrogen-bond acceptors (Lipinski definition) is 3. The Kier molecular flexibility index (Phi) is 3.55. The molecule has 1 aliphatic rings. The number of thioether (sulfide) groups is 2. The molecule has 0 nitrogen and oxygen atoms in total. The first kappa shape index (κ1) is 7.16. The third-order valence-corrected chi connectivity index (χ3v) is 4.33. The summed E-state index contributed by atoms with van der Waals surface area (Å²) in [6.07, 6.45) is 1.29. The fourth-order valence-electron chi connectivity index (χ4n) is 0.683. The number of thiol groups is 1. The lowest BCUT2D eigenvalue weighted by Gasteiger charge is -2.01. The van der Waals surface area contributed by atoms with Crippen LogP contribution in [0, 0.1) is 0 Å². The summed E-state index contributed by atoms with van der Waals surface area (Å²) in [6, 6.07) is 0. The SMILES string of the molecule is SCCC1CSCS1. The van der Waals surface area contributed by atoms with Gasteiger partial charge in [0.1, 0.15) is 0 Å². The number of rotatable bonds is 2. The Bertz CT molecular complexity index is 58.7. The Morgan fingerprint density at radius 2 is 2.50 bits per heavy atom. The molecule has 0 amide bonds. The zero-order valence-corrected chi connectivity index (χ0v) is 7.20. The van der Waals surface area contributed by atoms with Gasteiger partial charge in [-0.05, 0) is 12.2 Å². The van der Waals surface area contributed by atoms with Crippen molar-refractivity contribution in [1.82, 2.24) is 0 Å². The smallest absolute Gasteiger partial charge is 0.0395 e. The van der Waals surface area contributed by atoms with Gasteiger partial charge in [-0.2, -0.15) is 12.6 Å². The van der Waals surface area contributed by atoms with Crippen LogP contribution in [0.2, 0.25) is 0 Å². The van der Waals surface area contributed by atoms with Crippen LogP contribution < -0.4 is 0 Å². The molecule has 0 aromatic rings. The fourth-order valence-corrected chi connectivity index (χ4v) is 4.10. The van der Waals surface area contributed by atoms with Crippen molar-refractivity contribution in [3.05, 3.63) is 0 Å². The Hall–Kier alpha value is 1.05. The first-order valence-corrected chi connectivity index (χ1v) is 5.57. The third-order valence-electron chi connectivity index (χ3n) is 1.14. The van der Waals surface area contributed by atoms with Crippen LogP contribution in [-0.2, 0) is 0 Å². The minimum atomic E-state index is 0.914. The molecule has 8 heavy (non-hydrogen) atoms. The van der Waals surface area contributed by atoms with Gasteiger partial charge in [0.25, 0.3) is 0 Å². The Balaban J connectivity index is 2.06. The number of hydrogen-bond donors (Lipinski definition) is 1. The molecule has 0 aliphatic carbocycles. The predicted octanol–water partition coefficient (Wildman–Crippen LogP) is 2.11. The Morgan fingerprint density at radius 1 is 1.62 bits per heavy atom.